The van der Waals surface area contributed by atoms with Crippen LogP contribution in [-0.2, 0) is 34.0 Å². The summed E-state index contributed by atoms with van der Waals surface area (Å²) >= 11 is -1.46. The van der Waals surface area contributed by atoms with E-state index in [0.717, 1.165) is 22.1 Å². The summed E-state index contributed by atoms with van der Waals surface area (Å²) in [6.45, 7) is 6.24. The molecule has 4 aromatic rings. The first-order valence-electron chi connectivity index (χ1n) is 13.0. The highest BCUT2D eigenvalue weighted by Crippen LogP contribution is 2.34. The largest absolute Gasteiger partial charge is 0.598 e. The van der Waals surface area contributed by atoms with Crippen LogP contribution in [0.15, 0.2) is 71.3 Å². The maximum Gasteiger partial charge on any atom is 0.307 e. The van der Waals surface area contributed by atoms with Crippen LogP contribution in [0.5, 0.6) is 5.75 Å². The molecule has 2 atom stereocenters. The van der Waals surface area contributed by atoms with Crippen molar-refractivity contribution >= 4 is 39.9 Å². The number of anilines is 1. The van der Waals surface area contributed by atoms with Crippen LogP contribution in [0.3, 0.4) is 0 Å². The third-order valence-corrected chi connectivity index (χ3v) is 7.91. The number of carboxylic acids is 1. The van der Waals surface area contributed by atoms with Crippen LogP contribution in [0.2, 0.25) is 0 Å². The van der Waals surface area contributed by atoms with Gasteiger partial charge in [-0.1, -0.05) is 24.3 Å². The third-order valence-electron chi connectivity index (χ3n) is 6.29. The lowest BCUT2D eigenvalue weighted by Crippen LogP contribution is -2.41. The van der Waals surface area contributed by atoms with Crippen molar-refractivity contribution in [2.45, 2.75) is 51.5 Å². The number of hydrogen-bond acceptors (Lipinski definition) is 6. The zero-order chi connectivity index (χ0) is 29.7. The van der Waals surface area contributed by atoms with E-state index in [2.05, 4.69) is 10.0 Å². The van der Waals surface area contributed by atoms with Crippen molar-refractivity contribution in [3.8, 4) is 16.9 Å². The van der Waals surface area contributed by atoms with Gasteiger partial charge in [-0.25, -0.2) is 4.39 Å². The second kappa shape index (κ2) is 12.8. The Morgan fingerprint density at radius 2 is 1.90 bits per heavy atom. The number of halogens is 1. The number of amides is 1. The second-order valence-electron chi connectivity index (χ2n) is 10.7. The molecule has 10 heteroatoms. The smallest absolute Gasteiger partial charge is 0.307 e. The molecule has 1 heterocycles. The molecule has 0 aliphatic carbocycles. The Bertz CT molecular complexity index is 1550. The van der Waals surface area contributed by atoms with E-state index in [0.29, 0.717) is 28.1 Å². The SMILES string of the molecule is CC(=O)Nc1ccc(CC(=O)O)c(OCc2cc(-c3cccc(C(CF)N[S@+]([O-])C(C)(C)C)c3)c3occc3c2)c1. The lowest BCUT2D eigenvalue weighted by molar-refractivity contribution is -0.136. The molecule has 3 N–H and O–H groups in total. The Kier molecular flexibility index (Phi) is 9.37. The molecule has 216 valence electrons. The van der Waals surface area contributed by atoms with Crippen LogP contribution in [-0.4, -0.2) is 33.0 Å². The topological polar surface area (TPSA) is 124 Å². The van der Waals surface area contributed by atoms with Crippen LogP contribution in [0.4, 0.5) is 10.1 Å². The maximum atomic E-state index is 14.1. The molecule has 0 saturated carbocycles. The lowest BCUT2D eigenvalue weighted by Gasteiger charge is -2.27. The maximum absolute atomic E-state index is 14.1. The number of hydrogen-bond donors (Lipinski definition) is 3. The number of alkyl halides is 1. The number of carboxylic acid groups (broad SMARTS) is 1. The van der Waals surface area contributed by atoms with Gasteiger partial charge in [0.25, 0.3) is 0 Å². The summed E-state index contributed by atoms with van der Waals surface area (Å²) in [6, 6.07) is 17.1. The fourth-order valence-corrected chi connectivity index (χ4v) is 5.11. The normalized spacial score (nSPS) is 13.1. The first kappa shape index (κ1) is 30.1. The van der Waals surface area contributed by atoms with E-state index in [4.69, 9.17) is 9.15 Å². The van der Waals surface area contributed by atoms with Crippen molar-refractivity contribution in [1.29, 1.82) is 0 Å². The number of aliphatic carboxylic acids is 1. The molecule has 4 rings (SSSR count). The fourth-order valence-electron chi connectivity index (χ4n) is 4.30. The predicted molar refractivity (Wildman–Crippen MR) is 158 cm³/mol. The van der Waals surface area contributed by atoms with Crippen LogP contribution >= 0.6 is 0 Å². The summed E-state index contributed by atoms with van der Waals surface area (Å²) in [5.41, 5.74) is 4.60. The first-order valence-corrected chi connectivity index (χ1v) is 14.2. The van der Waals surface area contributed by atoms with Gasteiger partial charge in [0.2, 0.25) is 5.91 Å². The molecule has 0 saturated heterocycles. The minimum Gasteiger partial charge on any atom is -0.598 e. The number of carbonyl (C=O) groups is 2. The molecule has 0 fully saturated rings. The molecule has 1 aromatic heterocycles. The number of fused-ring (bicyclic) bond motifs is 1. The summed E-state index contributed by atoms with van der Waals surface area (Å²) < 4.78 is 40.9. The summed E-state index contributed by atoms with van der Waals surface area (Å²) in [4.78, 5) is 22.9. The van der Waals surface area contributed by atoms with Gasteiger partial charge in [0.15, 0.2) is 0 Å². The Hall–Kier alpha value is -3.86. The van der Waals surface area contributed by atoms with Gasteiger partial charge < -0.3 is 24.1 Å². The van der Waals surface area contributed by atoms with Crippen molar-refractivity contribution in [3.63, 3.8) is 0 Å². The highest BCUT2D eigenvalue weighted by molar-refractivity contribution is 7.90. The van der Waals surface area contributed by atoms with E-state index < -0.39 is 34.8 Å². The summed E-state index contributed by atoms with van der Waals surface area (Å²) in [5, 5.41) is 12.9. The Morgan fingerprint density at radius 1 is 1.12 bits per heavy atom. The van der Waals surface area contributed by atoms with Gasteiger partial charge in [0, 0.05) is 46.6 Å². The van der Waals surface area contributed by atoms with E-state index in [1.54, 1.807) is 30.5 Å². The molecule has 41 heavy (non-hydrogen) atoms. The molecule has 0 aliphatic rings. The zero-order valence-electron chi connectivity index (χ0n) is 23.3. The monoisotopic (exact) mass is 580 g/mol. The van der Waals surface area contributed by atoms with Gasteiger partial charge in [-0.3, -0.25) is 9.59 Å². The third kappa shape index (κ3) is 7.66. The van der Waals surface area contributed by atoms with E-state index in [1.807, 2.05) is 57.2 Å². The molecular formula is C31H33FN2O6S. The number of ether oxygens (including phenoxy) is 1. The van der Waals surface area contributed by atoms with Gasteiger partial charge >= 0.3 is 5.97 Å². The predicted octanol–water partition coefficient (Wildman–Crippen LogP) is 6.33. The van der Waals surface area contributed by atoms with Crippen LogP contribution in [0, 0.1) is 0 Å². The van der Waals surface area contributed by atoms with Crippen LogP contribution < -0.4 is 14.8 Å². The highest BCUT2D eigenvalue weighted by atomic mass is 32.2. The molecule has 1 amide bonds. The summed E-state index contributed by atoms with van der Waals surface area (Å²) in [6.07, 6.45) is 1.35. The first-order chi connectivity index (χ1) is 19.4. The number of carbonyl (C=O) groups excluding carboxylic acids is 1. The molecule has 1 unspecified atom stereocenters. The van der Waals surface area contributed by atoms with Crippen LogP contribution in [0.1, 0.15) is 50.4 Å². The molecule has 0 spiro atoms. The van der Waals surface area contributed by atoms with Crippen LogP contribution in [0.25, 0.3) is 22.1 Å². The van der Waals surface area contributed by atoms with Gasteiger partial charge in [-0.2, -0.15) is 0 Å². The molecule has 0 radical (unpaired) electrons. The average Bonchev–Trinajstić information content (AvgIpc) is 3.39. The highest BCUT2D eigenvalue weighted by Gasteiger charge is 2.30. The number of rotatable bonds is 11. The fraction of sp³-hybridized carbons (Fsp3) is 0.290. The van der Waals surface area contributed by atoms with Gasteiger partial charge in [0.1, 0.15) is 35.4 Å². The van der Waals surface area contributed by atoms with Crippen molar-refractivity contribution in [3.05, 3.63) is 83.6 Å². The Morgan fingerprint density at radius 3 is 2.59 bits per heavy atom. The molecule has 8 nitrogen and oxygen atoms in total. The number of furan rings is 1. The summed E-state index contributed by atoms with van der Waals surface area (Å²) in [7, 11) is 0. The van der Waals surface area contributed by atoms with Crippen molar-refractivity contribution in [1.82, 2.24) is 4.72 Å². The van der Waals surface area contributed by atoms with E-state index in [9.17, 15) is 23.6 Å². The number of benzene rings is 3. The molecular weight excluding hydrogens is 547 g/mol. The van der Waals surface area contributed by atoms with E-state index >= 15 is 0 Å². The van der Waals surface area contributed by atoms with E-state index in [1.165, 1.54) is 6.92 Å². The average molecular weight is 581 g/mol. The van der Waals surface area contributed by atoms with Gasteiger partial charge in [0.05, 0.1) is 12.7 Å². The summed E-state index contributed by atoms with van der Waals surface area (Å²) in [5.74, 6) is -0.913. The van der Waals surface area contributed by atoms with Crippen molar-refractivity contribution in [2.75, 3.05) is 12.0 Å². The van der Waals surface area contributed by atoms with Crippen molar-refractivity contribution < 1.29 is 32.8 Å². The molecule has 0 aliphatic heterocycles. The molecule has 0 bridgehead atoms. The van der Waals surface area contributed by atoms with Gasteiger partial charge in [-0.05, 0) is 67.8 Å². The minimum absolute atomic E-state index is 0.114. The number of nitrogens with one attached hydrogen (secondary N) is 2. The Labute approximate surface area is 241 Å². The minimum atomic E-state index is -1.46. The second-order valence-corrected chi connectivity index (χ2v) is 12.7. The lowest BCUT2D eigenvalue weighted by atomic mass is 9.97. The standard InChI is InChI=1S/C31H33FN2O6S/c1-19(35)33-25-9-8-23(15-29(36)37)28(16-25)40-18-20-12-24-10-11-39-30(24)26(13-20)21-6-5-7-22(14-21)27(17-32)34-41(38)31(2,3)4/h5-14,16,27,34H,15,17-18H2,1-4H3,(H,33,35)(H,36,37)/t27?,41-/m1/s1. The Balaban J connectivity index is 1.65. The van der Waals surface area contributed by atoms with Crippen molar-refractivity contribution in [2.24, 2.45) is 0 Å². The van der Waals surface area contributed by atoms with Gasteiger partial charge in [-0.15, -0.1) is 4.72 Å². The quantitative estimate of drug-likeness (QED) is 0.177. The zero-order valence-corrected chi connectivity index (χ0v) is 24.1. The molecule has 3 aromatic carbocycles. The van der Waals surface area contributed by atoms with E-state index in [-0.39, 0.29) is 18.9 Å².